The summed E-state index contributed by atoms with van der Waals surface area (Å²) < 4.78 is 10.5. The van der Waals surface area contributed by atoms with E-state index in [1.165, 1.54) is 0 Å². The third kappa shape index (κ3) is 2.68. The maximum absolute atomic E-state index is 5.85. The Labute approximate surface area is 106 Å². The van der Waals surface area contributed by atoms with Crippen LogP contribution in [0.1, 0.15) is 18.3 Å². The molecule has 0 atom stereocenters. The van der Waals surface area contributed by atoms with Crippen molar-refractivity contribution in [2.45, 2.75) is 20.3 Å². The van der Waals surface area contributed by atoms with Crippen molar-refractivity contribution in [2.75, 3.05) is 18.9 Å². The lowest BCUT2D eigenvalue weighted by molar-refractivity contribution is 0.149. The fraction of sp³-hybridized carbons (Fsp3) is 0.385. The first-order valence-corrected chi connectivity index (χ1v) is 5.98. The zero-order chi connectivity index (χ0) is 13.0. The van der Waals surface area contributed by atoms with Gasteiger partial charge in [-0.3, -0.25) is 0 Å². The Hall–Kier alpha value is -1.88. The van der Waals surface area contributed by atoms with Gasteiger partial charge in [0, 0.05) is 24.3 Å². The number of nitrogens with zero attached hydrogens (tertiary/aromatic N) is 2. The molecule has 0 fully saturated rings. The van der Waals surface area contributed by atoms with Crippen LogP contribution in [0.4, 0.5) is 5.69 Å². The van der Waals surface area contributed by atoms with E-state index in [0.717, 1.165) is 16.8 Å². The van der Waals surface area contributed by atoms with E-state index in [1.54, 1.807) is 0 Å². The molecule has 2 rings (SSSR count). The highest BCUT2D eigenvalue weighted by Gasteiger charge is 2.12. The SMILES string of the molecule is CCOCCc1noc(-c2cccc(N)c2C)n1. The van der Waals surface area contributed by atoms with Gasteiger partial charge in [-0.05, 0) is 31.5 Å². The highest BCUT2D eigenvalue weighted by molar-refractivity contribution is 5.66. The first-order valence-electron chi connectivity index (χ1n) is 5.98. The summed E-state index contributed by atoms with van der Waals surface area (Å²) in [4.78, 5) is 4.34. The summed E-state index contributed by atoms with van der Waals surface area (Å²) in [5, 5.41) is 3.93. The van der Waals surface area contributed by atoms with E-state index < -0.39 is 0 Å². The molecule has 0 aliphatic heterocycles. The second-order valence-electron chi connectivity index (χ2n) is 3.98. The topological polar surface area (TPSA) is 74.2 Å². The van der Waals surface area contributed by atoms with Crippen LogP contribution in [0.3, 0.4) is 0 Å². The minimum atomic E-state index is 0.506. The van der Waals surface area contributed by atoms with Gasteiger partial charge in [0.05, 0.1) is 6.61 Å². The van der Waals surface area contributed by atoms with Crippen molar-refractivity contribution < 1.29 is 9.26 Å². The molecule has 0 bridgehead atoms. The van der Waals surface area contributed by atoms with E-state index in [0.29, 0.717) is 31.3 Å². The van der Waals surface area contributed by atoms with E-state index in [4.69, 9.17) is 15.0 Å². The molecule has 0 aliphatic carbocycles. The third-order valence-electron chi connectivity index (χ3n) is 2.75. The number of rotatable bonds is 5. The number of nitrogens with two attached hydrogens (primary N) is 1. The zero-order valence-electron chi connectivity index (χ0n) is 10.6. The molecule has 0 saturated heterocycles. The molecule has 2 N–H and O–H groups in total. The predicted octanol–water partition coefficient (Wildman–Crippen LogP) is 2.21. The van der Waals surface area contributed by atoms with Crippen LogP contribution < -0.4 is 5.73 Å². The normalized spacial score (nSPS) is 10.8. The number of nitrogen functional groups attached to an aromatic ring is 1. The van der Waals surface area contributed by atoms with Crippen LogP contribution >= 0.6 is 0 Å². The number of hydrogen-bond acceptors (Lipinski definition) is 5. The molecule has 96 valence electrons. The van der Waals surface area contributed by atoms with Gasteiger partial charge in [-0.25, -0.2) is 0 Å². The molecule has 0 radical (unpaired) electrons. The standard InChI is InChI=1S/C13H17N3O2/c1-3-17-8-7-12-15-13(18-16-12)10-5-4-6-11(14)9(10)2/h4-6H,3,7-8,14H2,1-2H3. The second kappa shape index (κ2) is 5.64. The summed E-state index contributed by atoms with van der Waals surface area (Å²) in [6.45, 7) is 5.19. The fourth-order valence-corrected chi connectivity index (χ4v) is 1.66. The van der Waals surface area contributed by atoms with Gasteiger partial charge in [-0.2, -0.15) is 4.98 Å². The molecule has 0 aliphatic rings. The lowest BCUT2D eigenvalue weighted by Gasteiger charge is -2.03. The summed E-state index contributed by atoms with van der Waals surface area (Å²) in [5.74, 6) is 1.16. The number of ether oxygens (including phenoxy) is 1. The average molecular weight is 247 g/mol. The first-order chi connectivity index (χ1) is 8.72. The minimum Gasteiger partial charge on any atom is -0.398 e. The molecule has 1 aromatic carbocycles. The highest BCUT2D eigenvalue weighted by atomic mass is 16.5. The molecule has 5 heteroatoms. The molecule has 1 heterocycles. The lowest BCUT2D eigenvalue weighted by Crippen LogP contribution is -1.99. The average Bonchev–Trinajstić information content (AvgIpc) is 2.82. The van der Waals surface area contributed by atoms with Gasteiger partial charge < -0.3 is 15.0 Å². The van der Waals surface area contributed by atoms with Crippen LogP contribution in [0.2, 0.25) is 0 Å². The highest BCUT2D eigenvalue weighted by Crippen LogP contribution is 2.25. The van der Waals surface area contributed by atoms with Crippen molar-refractivity contribution >= 4 is 5.69 Å². The van der Waals surface area contributed by atoms with Crippen molar-refractivity contribution in [3.05, 3.63) is 29.6 Å². The lowest BCUT2D eigenvalue weighted by atomic mass is 10.1. The van der Waals surface area contributed by atoms with E-state index in [2.05, 4.69) is 10.1 Å². The Kier molecular flexibility index (Phi) is 3.94. The smallest absolute Gasteiger partial charge is 0.258 e. The summed E-state index contributed by atoms with van der Waals surface area (Å²) >= 11 is 0. The van der Waals surface area contributed by atoms with Crippen LogP contribution in [0.25, 0.3) is 11.5 Å². The molecule has 18 heavy (non-hydrogen) atoms. The van der Waals surface area contributed by atoms with Gasteiger partial charge in [0.2, 0.25) is 0 Å². The number of anilines is 1. The van der Waals surface area contributed by atoms with E-state index >= 15 is 0 Å². The quantitative estimate of drug-likeness (QED) is 0.647. The van der Waals surface area contributed by atoms with E-state index in [-0.39, 0.29) is 0 Å². The van der Waals surface area contributed by atoms with Crippen molar-refractivity contribution in [3.63, 3.8) is 0 Å². The molecule has 2 aromatic rings. The Balaban J connectivity index is 2.16. The molecule has 5 nitrogen and oxygen atoms in total. The second-order valence-corrected chi connectivity index (χ2v) is 3.98. The minimum absolute atomic E-state index is 0.506. The maximum atomic E-state index is 5.85. The van der Waals surface area contributed by atoms with E-state index in [1.807, 2.05) is 32.0 Å². The van der Waals surface area contributed by atoms with Gasteiger partial charge in [0.15, 0.2) is 5.82 Å². The van der Waals surface area contributed by atoms with Crippen LogP contribution in [0.15, 0.2) is 22.7 Å². The molecule has 0 saturated carbocycles. The van der Waals surface area contributed by atoms with Gasteiger partial charge in [0.1, 0.15) is 0 Å². The maximum Gasteiger partial charge on any atom is 0.258 e. The molecule has 0 spiro atoms. The molecular formula is C13H17N3O2. The van der Waals surface area contributed by atoms with Gasteiger partial charge >= 0.3 is 0 Å². The Bertz CT molecular complexity index is 523. The van der Waals surface area contributed by atoms with Gasteiger partial charge in [-0.1, -0.05) is 11.2 Å². The Morgan fingerprint density at radius 3 is 3.00 bits per heavy atom. The zero-order valence-corrected chi connectivity index (χ0v) is 10.6. The first kappa shape index (κ1) is 12.6. The predicted molar refractivity (Wildman–Crippen MR) is 69.1 cm³/mol. The molecule has 0 unspecified atom stereocenters. The molecular weight excluding hydrogens is 230 g/mol. The summed E-state index contributed by atoms with van der Waals surface area (Å²) in [7, 11) is 0. The van der Waals surface area contributed by atoms with Gasteiger partial charge in [0.25, 0.3) is 5.89 Å². The van der Waals surface area contributed by atoms with Gasteiger partial charge in [-0.15, -0.1) is 0 Å². The monoisotopic (exact) mass is 247 g/mol. The van der Waals surface area contributed by atoms with Crippen molar-refractivity contribution in [1.29, 1.82) is 0 Å². The van der Waals surface area contributed by atoms with Crippen LogP contribution in [-0.4, -0.2) is 23.4 Å². The van der Waals surface area contributed by atoms with Crippen LogP contribution in [0.5, 0.6) is 0 Å². The number of aromatic nitrogens is 2. The van der Waals surface area contributed by atoms with Crippen LogP contribution in [0, 0.1) is 6.92 Å². The number of benzene rings is 1. The molecule has 1 aromatic heterocycles. The summed E-state index contributed by atoms with van der Waals surface area (Å²) in [6.07, 6.45) is 0.651. The van der Waals surface area contributed by atoms with E-state index in [9.17, 15) is 0 Å². The van der Waals surface area contributed by atoms with Crippen molar-refractivity contribution in [3.8, 4) is 11.5 Å². The Morgan fingerprint density at radius 1 is 1.39 bits per heavy atom. The fourth-order valence-electron chi connectivity index (χ4n) is 1.66. The summed E-state index contributed by atoms with van der Waals surface area (Å²) in [6, 6.07) is 5.65. The number of hydrogen-bond donors (Lipinski definition) is 1. The van der Waals surface area contributed by atoms with Crippen molar-refractivity contribution in [2.24, 2.45) is 0 Å². The third-order valence-corrected chi connectivity index (χ3v) is 2.75. The van der Waals surface area contributed by atoms with Crippen molar-refractivity contribution in [1.82, 2.24) is 10.1 Å². The largest absolute Gasteiger partial charge is 0.398 e. The molecule has 0 amide bonds. The Morgan fingerprint density at radius 2 is 2.22 bits per heavy atom. The van der Waals surface area contributed by atoms with Crippen LogP contribution in [-0.2, 0) is 11.2 Å². The summed E-state index contributed by atoms with van der Waals surface area (Å²) in [5.41, 5.74) is 8.41.